The summed E-state index contributed by atoms with van der Waals surface area (Å²) in [5, 5.41) is 0. The van der Waals surface area contributed by atoms with Crippen LogP contribution in [0.15, 0.2) is 47.4 Å². The molecule has 1 aliphatic rings. The molecule has 2 aromatic carbocycles. The number of sulfonamides is 2. The lowest BCUT2D eigenvalue weighted by molar-refractivity contribution is -0.119. The minimum atomic E-state index is -4.15. The molecule has 2 aromatic rings. The highest BCUT2D eigenvalue weighted by Crippen LogP contribution is 2.34. The lowest BCUT2D eigenvalue weighted by Gasteiger charge is -2.18. The Bertz CT molecular complexity index is 1200. The molecule has 0 aliphatic carbocycles. The molecule has 0 radical (unpaired) electrons. The van der Waals surface area contributed by atoms with Gasteiger partial charge in [-0.3, -0.25) is 4.79 Å². The van der Waals surface area contributed by atoms with E-state index in [1.807, 2.05) is 0 Å². The molecular formula is C20H23FN2O6S2. The Morgan fingerprint density at radius 3 is 2.55 bits per heavy atom. The zero-order valence-corrected chi connectivity index (χ0v) is 18.7. The molecule has 1 N–H and O–H groups in total. The second-order valence-electron chi connectivity index (χ2n) is 7.09. The van der Waals surface area contributed by atoms with E-state index in [2.05, 4.69) is 4.72 Å². The third-order valence-corrected chi connectivity index (χ3v) is 8.11. The van der Waals surface area contributed by atoms with Gasteiger partial charge in [0, 0.05) is 6.54 Å². The summed E-state index contributed by atoms with van der Waals surface area (Å²) in [6, 6.07) is 9.78. The van der Waals surface area contributed by atoms with Gasteiger partial charge in [0.2, 0.25) is 26.0 Å². The molecule has 0 saturated carbocycles. The van der Waals surface area contributed by atoms with E-state index in [1.54, 1.807) is 19.1 Å². The van der Waals surface area contributed by atoms with Crippen LogP contribution in [0, 0.1) is 11.7 Å². The van der Waals surface area contributed by atoms with Crippen LogP contribution >= 0.6 is 0 Å². The lowest BCUT2D eigenvalue weighted by atomic mass is 10.1. The summed E-state index contributed by atoms with van der Waals surface area (Å²) >= 11 is 0. The van der Waals surface area contributed by atoms with E-state index in [9.17, 15) is 26.0 Å². The number of carbonyl (C=O) groups excluding carboxylic acids is 1. The summed E-state index contributed by atoms with van der Waals surface area (Å²) in [4.78, 5) is 12.1. The van der Waals surface area contributed by atoms with Crippen molar-refractivity contribution in [3.8, 4) is 5.75 Å². The summed E-state index contributed by atoms with van der Waals surface area (Å²) in [6.45, 7) is 3.26. The zero-order valence-electron chi connectivity index (χ0n) is 17.0. The monoisotopic (exact) mass is 470 g/mol. The number of anilines is 1. The summed E-state index contributed by atoms with van der Waals surface area (Å²) in [5.74, 6) is -2.12. The van der Waals surface area contributed by atoms with Gasteiger partial charge in [0.05, 0.1) is 24.0 Å². The van der Waals surface area contributed by atoms with Crippen LogP contribution in [0.2, 0.25) is 0 Å². The number of nitrogens with zero attached hydrogens (tertiary/aromatic N) is 1. The quantitative estimate of drug-likeness (QED) is 0.632. The second kappa shape index (κ2) is 8.93. The highest BCUT2D eigenvalue weighted by molar-refractivity contribution is 7.94. The smallest absolute Gasteiger partial charge is 0.244 e. The SMILES string of the molecule is CCOc1ccc(N2C(=O)C(C)CS2(=O)=O)cc1S(=O)(=O)NCCc1ccccc1F. The van der Waals surface area contributed by atoms with E-state index in [-0.39, 0.29) is 41.7 Å². The molecule has 0 aromatic heterocycles. The summed E-state index contributed by atoms with van der Waals surface area (Å²) in [7, 11) is -8.04. The van der Waals surface area contributed by atoms with Crippen molar-refractivity contribution in [2.24, 2.45) is 5.92 Å². The largest absolute Gasteiger partial charge is 0.492 e. The van der Waals surface area contributed by atoms with Crippen LogP contribution in [0.1, 0.15) is 19.4 Å². The zero-order chi connectivity index (χ0) is 22.8. The minimum Gasteiger partial charge on any atom is -0.492 e. The standard InChI is InChI=1S/C20H23FN2O6S2/c1-3-29-18-9-8-16(23-20(24)14(2)13-30(23,25)26)12-19(18)31(27,28)22-11-10-15-6-4-5-7-17(15)21/h4-9,12,14,22H,3,10-11,13H2,1-2H3. The molecule has 0 spiro atoms. The predicted molar refractivity (Wildman–Crippen MR) is 113 cm³/mol. The average Bonchev–Trinajstić information content (AvgIpc) is 2.90. The number of benzene rings is 2. The van der Waals surface area contributed by atoms with Crippen molar-refractivity contribution < 1.29 is 30.8 Å². The molecule has 1 fully saturated rings. The van der Waals surface area contributed by atoms with E-state index in [4.69, 9.17) is 4.74 Å². The van der Waals surface area contributed by atoms with Crippen LogP contribution in [0.5, 0.6) is 5.75 Å². The third-order valence-electron chi connectivity index (χ3n) is 4.76. The number of amides is 1. The van der Waals surface area contributed by atoms with Crippen LogP contribution in [0.3, 0.4) is 0 Å². The summed E-state index contributed by atoms with van der Waals surface area (Å²) in [5.41, 5.74) is 0.277. The molecule has 1 atom stereocenters. The van der Waals surface area contributed by atoms with Crippen molar-refractivity contribution in [2.45, 2.75) is 25.2 Å². The Morgan fingerprint density at radius 1 is 1.23 bits per heavy atom. The van der Waals surface area contributed by atoms with E-state index < -0.39 is 37.7 Å². The Hall–Kier alpha value is -2.50. The molecule has 0 bridgehead atoms. The molecule has 31 heavy (non-hydrogen) atoms. The van der Waals surface area contributed by atoms with Crippen LogP contribution in [-0.4, -0.2) is 41.6 Å². The number of hydrogen-bond donors (Lipinski definition) is 1. The van der Waals surface area contributed by atoms with Crippen LogP contribution in [0.4, 0.5) is 10.1 Å². The Labute approximate surface area is 181 Å². The van der Waals surface area contributed by atoms with E-state index >= 15 is 0 Å². The molecule has 11 heteroatoms. The van der Waals surface area contributed by atoms with Crippen LogP contribution in [-0.2, 0) is 31.3 Å². The van der Waals surface area contributed by atoms with E-state index in [0.717, 1.165) is 6.07 Å². The highest BCUT2D eigenvalue weighted by atomic mass is 32.2. The van der Waals surface area contributed by atoms with Gasteiger partial charge in [-0.15, -0.1) is 0 Å². The van der Waals surface area contributed by atoms with Gasteiger partial charge in [-0.05, 0) is 43.2 Å². The van der Waals surface area contributed by atoms with Crippen LogP contribution in [0.25, 0.3) is 0 Å². The number of rotatable bonds is 8. The van der Waals surface area contributed by atoms with Gasteiger partial charge in [0.1, 0.15) is 16.5 Å². The van der Waals surface area contributed by atoms with Gasteiger partial charge < -0.3 is 4.74 Å². The normalized spacial score (nSPS) is 18.4. The van der Waals surface area contributed by atoms with Crippen molar-refractivity contribution in [2.75, 3.05) is 23.2 Å². The molecule has 3 rings (SSSR count). The highest BCUT2D eigenvalue weighted by Gasteiger charge is 2.42. The number of ether oxygens (including phenoxy) is 1. The van der Waals surface area contributed by atoms with Gasteiger partial charge in [-0.25, -0.2) is 30.3 Å². The minimum absolute atomic E-state index is 0.0155. The molecule has 1 heterocycles. The van der Waals surface area contributed by atoms with Crippen molar-refractivity contribution in [1.82, 2.24) is 4.72 Å². The Kier molecular flexibility index (Phi) is 6.68. The number of carbonyl (C=O) groups is 1. The fourth-order valence-corrected chi connectivity index (χ4v) is 6.30. The predicted octanol–water partition coefficient (Wildman–Crippen LogP) is 2.06. The Morgan fingerprint density at radius 2 is 1.94 bits per heavy atom. The van der Waals surface area contributed by atoms with Gasteiger partial charge >= 0.3 is 0 Å². The van der Waals surface area contributed by atoms with E-state index in [1.165, 1.54) is 31.2 Å². The molecule has 1 aliphatic heterocycles. The second-order valence-corrected chi connectivity index (χ2v) is 10.7. The van der Waals surface area contributed by atoms with Gasteiger partial charge in [0.25, 0.3) is 0 Å². The van der Waals surface area contributed by atoms with Gasteiger partial charge in [-0.2, -0.15) is 0 Å². The fourth-order valence-electron chi connectivity index (χ4n) is 3.29. The first kappa shape index (κ1) is 23.2. The van der Waals surface area contributed by atoms with Crippen molar-refractivity contribution in [1.29, 1.82) is 0 Å². The molecule has 1 unspecified atom stereocenters. The number of halogens is 1. The fraction of sp³-hybridized carbons (Fsp3) is 0.350. The van der Waals surface area contributed by atoms with Crippen molar-refractivity contribution in [3.05, 3.63) is 53.8 Å². The topological polar surface area (TPSA) is 110 Å². The molecule has 1 saturated heterocycles. The summed E-state index contributed by atoms with van der Waals surface area (Å²) < 4.78 is 72.8. The molecule has 1 amide bonds. The molecular weight excluding hydrogens is 447 g/mol. The third kappa shape index (κ3) is 4.89. The lowest BCUT2D eigenvalue weighted by Crippen LogP contribution is -2.31. The van der Waals surface area contributed by atoms with Crippen molar-refractivity contribution >= 4 is 31.6 Å². The first-order valence-electron chi connectivity index (χ1n) is 9.63. The summed E-state index contributed by atoms with van der Waals surface area (Å²) in [6.07, 6.45) is 0.117. The number of hydrogen-bond acceptors (Lipinski definition) is 6. The molecule has 8 nitrogen and oxygen atoms in total. The maximum Gasteiger partial charge on any atom is 0.244 e. The maximum atomic E-state index is 13.8. The first-order chi connectivity index (χ1) is 14.6. The average molecular weight is 471 g/mol. The van der Waals surface area contributed by atoms with Gasteiger partial charge in [0.15, 0.2) is 0 Å². The van der Waals surface area contributed by atoms with Crippen molar-refractivity contribution in [3.63, 3.8) is 0 Å². The Balaban J connectivity index is 1.91. The molecule has 168 valence electrons. The van der Waals surface area contributed by atoms with E-state index in [0.29, 0.717) is 9.87 Å². The maximum absolute atomic E-state index is 13.8. The number of nitrogens with one attached hydrogen (secondary N) is 1. The first-order valence-corrected chi connectivity index (χ1v) is 12.7. The van der Waals surface area contributed by atoms with Gasteiger partial charge in [-0.1, -0.05) is 25.1 Å². The van der Waals surface area contributed by atoms with Crippen LogP contribution < -0.4 is 13.8 Å².